The van der Waals surface area contributed by atoms with E-state index < -0.39 is 5.97 Å². The highest BCUT2D eigenvalue weighted by Gasteiger charge is 2.24. The van der Waals surface area contributed by atoms with Crippen molar-refractivity contribution in [3.63, 3.8) is 0 Å². The Bertz CT molecular complexity index is 1160. The lowest BCUT2D eigenvalue weighted by molar-refractivity contribution is 0.0697. The van der Waals surface area contributed by atoms with Crippen molar-refractivity contribution in [2.24, 2.45) is 0 Å². The first-order valence-corrected chi connectivity index (χ1v) is 12.1. The van der Waals surface area contributed by atoms with Gasteiger partial charge < -0.3 is 20.1 Å². The molecular formula is C28H31N3O3. The number of aromatic carboxylic acids is 1. The number of aryl methyl sites for hydroxylation is 1. The highest BCUT2D eigenvalue weighted by molar-refractivity contribution is 5.93. The van der Waals surface area contributed by atoms with E-state index in [0.717, 1.165) is 38.9 Å². The molecule has 0 radical (unpaired) electrons. The standard InChI is InChI=1S/C28H31N3O3/c1-31(23-6-4-19(5-7-23)20-11-14-34-15-12-20)24-8-9-25-21(16-24)2-3-22(25)17-30-27-18-29-13-10-26(27)28(32)33/h4-10,13,16,18,20,22,30H,2-3,11-12,14-15,17H2,1H3,(H,32,33)/t22-/m0/s1. The number of rotatable bonds is 7. The average molecular weight is 458 g/mol. The van der Waals surface area contributed by atoms with E-state index in [9.17, 15) is 9.90 Å². The Labute approximate surface area is 200 Å². The molecule has 1 aliphatic heterocycles. The van der Waals surface area contributed by atoms with E-state index >= 15 is 0 Å². The van der Waals surface area contributed by atoms with Crippen LogP contribution in [0.25, 0.3) is 0 Å². The summed E-state index contributed by atoms with van der Waals surface area (Å²) in [6.07, 6.45) is 7.40. The molecule has 1 fully saturated rings. The first kappa shape index (κ1) is 22.4. The fraction of sp³-hybridized carbons (Fsp3) is 0.357. The largest absolute Gasteiger partial charge is 0.478 e. The Morgan fingerprint density at radius 3 is 2.62 bits per heavy atom. The maximum atomic E-state index is 11.5. The molecule has 2 heterocycles. The van der Waals surface area contributed by atoms with Crippen LogP contribution in [0.4, 0.5) is 17.1 Å². The van der Waals surface area contributed by atoms with E-state index in [1.54, 1.807) is 6.20 Å². The maximum Gasteiger partial charge on any atom is 0.337 e. The molecule has 6 nitrogen and oxygen atoms in total. The van der Waals surface area contributed by atoms with Gasteiger partial charge >= 0.3 is 5.97 Å². The van der Waals surface area contributed by atoms with Crippen LogP contribution >= 0.6 is 0 Å². The number of anilines is 3. The van der Waals surface area contributed by atoms with Gasteiger partial charge in [0, 0.05) is 50.3 Å². The Hall–Kier alpha value is -3.38. The van der Waals surface area contributed by atoms with Crippen molar-refractivity contribution in [1.82, 2.24) is 4.98 Å². The third kappa shape index (κ3) is 4.64. The predicted molar refractivity (Wildman–Crippen MR) is 134 cm³/mol. The second kappa shape index (κ2) is 9.85. The van der Waals surface area contributed by atoms with Gasteiger partial charge in [0.2, 0.25) is 0 Å². The maximum absolute atomic E-state index is 11.5. The number of carbonyl (C=O) groups is 1. The summed E-state index contributed by atoms with van der Waals surface area (Å²) in [5.74, 6) is 0.0250. The number of ether oxygens (including phenoxy) is 1. The van der Waals surface area contributed by atoms with Crippen LogP contribution in [-0.4, -0.2) is 42.9 Å². The third-order valence-corrected chi connectivity index (χ3v) is 7.28. The molecule has 6 heteroatoms. The molecule has 0 unspecified atom stereocenters. The molecule has 1 aliphatic carbocycles. The molecule has 1 atom stereocenters. The fourth-order valence-electron chi connectivity index (χ4n) is 5.22. The Morgan fingerprint density at radius 2 is 1.85 bits per heavy atom. The monoisotopic (exact) mass is 457 g/mol. The lowest BCUT2D eigenvalue weighted by Gasteiger charge is -2.24. The van der Waals surface area contributed by atoms with Crippen LogP contribution in [0, 0.1) is 0 Å². The van der Waals surface area contributed by atoms with Crippen LogP contribution in [0.15, 0.2) is 60.9 Å². The molecule has 34 heavy (non-hydrogen) atoms. The summed E-state index contributed by atoms with van der Waals surface area (Å²) in [6, 6.07) is 17.2. The molecule has 0 bridgehead atoms. The van der Waals surface area contributed by atoms with Crippen LogP contribution in [-0.2, 0) is 11.2 Å². The zero-order valence-electron chi connectivity index (χ0n) is 19.5. The van der Waals surface area contributed by atoms with E-state index in [-0.39, 0.29) is 5.56 Å². The SMILES string of the molecule is CN(c1ccc(C2CCOCC2)cc1)c1ccc2c(c1)CC[C@H]2CNc1cnccc1C(=O)O. The Kier molecular flexibility index (Phi) is 6.50. The average Bonchev–Trinajstić information content (AvgIpc) is 3.30. The number of carboxylic acids is 1. The van der Waals surface area contributed by atoms with E-state index in [0.29, 0.717) is 24.1 Å². The third-order valence-electron chi connectivity index (χ3n) is 7.28. The summed E-state index contributed by atoms with van der Waals surface area (Å²) < 4.78 is 5.50. The van der Waals surface area contributed by atoms with Crippen LogP contribution in [0.3, 0.4) is 0 Å². The summed E-state index contributed by atoms with van der Waals surface area (Å²) in [6.45, 7) is 2.42. The molecule has 1 aromatic heterocycles. The normalized spacial score (nSPS) is 17.9. The quantitative estimate of drug-likeness (QED) is 0.482. The number of hydrogen-bond donors (Lipinski definition) is 2. The minimum Gasteiger partial charge on any atom is -0.478 e. The van der Waals surface area contributed by atoms with Crippen LogP contribution < -0.4 is 10.2 Å². The molecule has 2 aromatic carbocycles. The van der Waals surface area contributed by atoms with Crippen LogP contribution in [0.2, 0.25) is 0 Å². The van der Waals surface area contributed by atoms with E-state index in [1.807, 2.05) is 0 Å². The number of nitrogens with zero attached hydrogens (tertiary/aromatic N) is 2. The predicted octanol–water partition coefficient (Wildman–Crippen LogP) is 5.58. The lowest BCUT2D eigenvalue weighted by atomic mass is 9.91. The number of aromatic nitrogens is 1. The molecule has 0 amide bonds. The summed E-state index contributed by atoms with van der Waals surface area (Å²) in [4.78, 5) is 17.8. The van der Waals surface area contributed by atoms with Crippen molar-refractivity contribution < 1.29 is 14.6 Å². The van der Waals surface area contributed by atoms with Gasteiger partial charge in [-0.25, -0.2) is 4.79 Å². The van der Waals surface area contributed by atoms with E-state index in [1.165, 1.54) is 40.3 Å². The first-order chi connectivity index (χ1) is 16.6. The van der Waals surface area contributed by atoms with Crippen molar-refractivity contribution in [2.75, 3.05) is 37.0 Å². The van der Waals surface area contributed by atoms with Gasteiger partial charge in [-0.1, -0.05) is 18.2 Å². The molecule has 176 valence electrons. The Balaban J connectivity index is 1.26. The smallest absolute Gasteiger partial charge is 0.337 e. The van der Waals surface area contributed by atoms with Crippen LogP contribution in [0.5, 0.6) is 0 Å². The van der Waals surface area contributed by atoms with Crippen molar-refractivity contribution in [3.05, 3.63) is 83.2 Å². The lowest BCUT2D eigenvalue weighted by Crippen LogP contribution is -2.14. The highest BCUT2D eigenvalue weighted by Crippen LogP contribution is 2.37. The molecule has 3 aromatic rings. The minimum atomic E-state index is -0.940. The van der Waals surface area contributed by atoms with Gasteiger partial charge in [-0.05, 0) is 78.6 Å². The van der Waals surface area contributed by atoms with Gasteiger partial charge in [-0.15, -0.1) is 0 Å². The number of hydrogen-bond acceptors (Lipinski definition) is 5. The summed E-state index contributed by atoms with van der Waals surface area (Å²) in [7, 11) is 2.12. The van der Waals surface area contributed by atoms with Crippen molar-refractivity contribution in [2.45, 2.75) is 37.5 Å². The minimum absolute atomic E-state index is 0.257. The van der Waals surface area contributed by atoms with Crippen molar-refractivity contribution in [1.29, 1.82) is 0 Å². The second-order valence-corrected chi connectivity index (χ2v) is 9.26. The second-order valence-electron chi connectivity index (χ2n) is 9.26. The van der Waals surface area contributed by atoms with Gasteiger partial charge in [0.05, 0.1) is 17.4 Å². The van der Waals surface area contributed by atoms with Gasteiger partial charge in [-0.2, -0.15) is 0 Å². The van der Waals surface area contributed by atoms with Gasteiger partial charge in [0.15, 0.2) is 0 Å². The van der Waals surface area contributed by atoms with Crippen molar-refractivity contribution >= 4 is 23.0 Å². The summed E-state index contributed by atoms with van der Waals surface area (Å²) in [5.41, 5.74) is 7.33. The molecule has 0 spiro atoms. The fourth-order valence-corrected chi connectivity index (χ4v) is 5.22. The zero-order valence-corrected chi connectivity index (χ0v) is 19.5. The Morgan fingerprint density at radius 1 is 1.09 bits per heavy atom. The molecule has 2 N–H and O–H groups in total. The highest BCUT2D eigenvalue weighted by atomic mass is 16.5. The topological polar surface area (TPSA) is 74.7 Å². The summed E-state index contributed by atoms with van der Waals surface area (Å²) in [5, 5.41) is 12.7. The number of nitrogens with one attached hydrogen (secondary N) is 1. The number of pyridine rings is 1. The zero-order chi connectivity index (χ0) is 23.5. The number of fused-ring (bicyclic) bond motifs is 1. The van der Waals surface area contributed by atoms with Gasteiger partial charge in [0.25, 0.3) is 0 Å². The summed E-state index contributed by atoms with van der Waals surface area (Å²) >= 11 is 0. The number of benzene rings is 2. The molecular weight excluding hydrogens is 426 g/mol. The first-order valence-electron chi connectivity index (χ1n) is 12.1. The molecule has 0 saturated carbocycles. The molecule has 1 saturated heterocycles. The van der Waals surface area contributed by atoms with E-state index in [2.05, 4.69) is 64.7 Å². The van der Waals surface area contributed by atoms with Crippen LogP contribution in [0.1, 0.15) is 58.1 Å². The molecule has 2 aliphatic rings. The number of carboxylic acid groups (broad SMARTS) is 1. The van der Waals surface area contributed by atoms with Gasteiger partial charge in [-0.3, -0.25) is 4.98 Å². The van der Waals surface area contributed by atoms with Crippen molar-refractivity contribution in [3.8, 4) is 0 Å². The van der Waals surface area contributed by atoms with Gasteiger partial charge in [0.1, 0.15) is 0 Å². The molecule has 5 rings (SSSR count). The van der Waals surface area contributed by atoms with E-state index in [4.69, 9.17) is 4.74 Å².